The summed E-state index contributed by atoms with van der Waals surface area (Å²) in [5.74, 6) is 0.524. The fourth-order valence-corrected chi connectivity index (χ4v) is 2.97. The van der Waals surface area contributed by atoms with E-state index in [1.807, 2.05) is 6.07 Å². The lowest BCUT2D eigenvalue weighted by atomic mass is 9.82. The summed E-state index contributed by atoms with van der Waals surface area (Å²) in [4.78, 5) is 12.0. The normalized spacial score (nSPS) is 17.3. The number of nitrogens with one attached hydrogen (secondary N) is 1. The van der Waals surface area contributed by atoms with Crippen LogP contribution in [0.3, 0.4) is 0 Å². The van der Waals surface area contributed by atoms with E-state index in [1.165, 1.54) is 0 Å². The van der Waals surface area contributed by atoms with Gasteiger partial charge in [0, 0.05) is 17.1 Å². The van der Waals surface area contributed by atoms with Crippen molar-refractivity contribution in [2.24, 2.45) is 0 Å². The molecule has 1 aliphatic rings. The number of carbonyl (C=O) groups excluding carboxylic acids is 1. The van der Waals surface area contributed by atoms with Crippen LogP contribution in [0, 0.1) is 0 Å². The SMILES string of the molecule is COc1cc(Cl)ccc1CNC(=O)CC1(O)CCCCC1. The first-order valence-electron chi connectivity index (χ1n) is 7.34. The molecule has 0 heterocycles. The highest BCUT2D eigenvalue weighted by Gasteiger charge is 2.31. The molecule has 1 aromatic carbocycles. The summed E-state index contributed by atoms with van der Waals surface area (Å²) >= 11 is 5.90. The van der Waals surface area contributed by atoms with Gasteiger partial charge in [-0.05, 0) is 25.0 Å². The van der Waals surface area contributed by atoms with Gasteiger partial charge in [-0.3, -0.25) is 4.79 Å². The Hall–Kier alpha value is -1.26. The molecule has 0 radical (unpaired) electrons. The van der Waals surface area contributed by atoms with E-state index < -0.39 is 5.60 Å². The van der Waals surface area contributed by atoms with Crippen molar-refractivity contribution in [1.29, 1.82) is 0 Å². The van der Waals surface area contributed by atoms with Crippen LogP contribution in [0.5, 0.6) is 5.75 Å². The zero-order valence-corrected chi connectivity index (χ0v) is 13.1. The van der Waals surface area contributed by atoms with Crippen LogP contribution >= 0.6 is 11.6 Å². The van der Waals surface area contributed by atoms with E-state index in [2.05, 4.69) is 5.32 Å². The molecule has 0 atom stereocenters. The lowest BCUT2D eigenvalue weighted by Gasteiger charge is -2.31. The number of hydrogen-bond donors (Lipinski definition) is 2. The molecule has 1 aliphatic carbocycles. The van der Waals surface area contributed by atoms with Gasteiger partial charge in [0.25, 0.3) is 0 Å². The fourth-order valence-electron chi connectivity index (χ4n) is 2.81. The van der Waals surface area contributed by atoms with Gasteiger partial charge in [-0.2, -0.15) is 0 Å². The molecule has 0 aliphatic heterocycles. The number of benzene rings is 1. The molecule has 2 rings (SSSR count). The van der Waals surface area contributed by atoms with Crippen molar-refractivity contribution in [2.75, 3.05) is 7.11 Å². The number of methoxy groups -OCH3 is 1. The van der Waals surface area contributed by atoms with Crippen molar-refractivity contribution < 1.29 is 14.6 Å². The lowest BCUT2D eigenvalue weighted by Crippen LogP contribution is -2.38. The highest BCUT2D eigenvalue weighted by Crippen LogP contribution is 2.30. The second kappa shape index (κ2) is 7.14. The molecule has 1 aromatic rings. The van der Waals surface area contributed by atoms with E-state index in [4.69, 9.17) is 16.3 Å². The summed E-state index contributed by atoms with van der Waals surface area (Å²) in [5.41, 5.74) is 0.0396. The molecule has 116 valence electrons. The molecule has 0 spiro atoms. The number of ether oxygens (including phenoxy) is 1. The molecule has 2 N–H and O–H groups in total. The maximum absolute atomic E-state index is 12.0. The van der Waals surface area contributed by atoms with Crippen LogP contribution in [0.1, 0.15) is 44.1 Å². The predicted octanol–water partition coefficient (Wildman–Crippen LogP) is 3.05. The van der Waals surface area contributed by atoms with Gasteiger partial charge in [0.05, 0.1) is 19.1 Å². The first-order chi connectivity index (χ1) is 10.0. The predicted molar refractivity (Wildman–Crippen MR) is 82.5 cm³/mol. The smallest absolute Gasteiger partial charge is 0.223 e. The van der Waals surface area contributed by atoms with E-state index in [0.717, 1.165) is 24.8 Å². The number of rotatable bonds is 5. The minimum Gasteiger partial charge on any atom is -0.496 e. The molecule has 1 amide bonds. The third-order valence-electron chi connectivity index (χ3n) is 4.00. The summed E-state index contributed by atoms with van der Waals surface area (Å²) in [5, 5.41) is 13.8. The van der Waals surface area contributed by atoms with Crippen molar-refractivity contribution in [3.05, 3.63) is 28.8 Å². The lowest BCUT2D eigenvalue weighted by molar-refractivity contribution is -0.127. The van der Waals surface area contributed by atoms with Crippen LogP contribution in [0.2, 0.25) is 5.02 Å². The second-order valence-electron chi connectivity index (χ2n) is 5.69. The number of aliphatic hydroxyl groups is 1. The zero-order valence-electron chi connectivity index (χ0n) is 12.3. The summed E-state index contributed by atoms with van der Waals surface area (Å²) in [7, 11) is 1.57. The zero-order chi connectivity index (χ0) is 15.3. The van der Waals surface area contributed by atoms with Crippen LogP contribution < -0.4 is 10.1 Å². The van der Waals surface area contributed by atoms with Crippen LogP contribution in [-0.4, -0.2) is 23.7 Å². The Morgan fingerprint density at radius 1 is 1.38 bits per heavy atom. The van der Waals surface area contributed by atoms with Crippen LogP contribution in [0.4, 0.5) is 0 Å². The second-order valence-corrected chi connectivity index (χ2v) is 6.13. The molecule has 0 unspecified atom stereocenters. The van der Waals surface area contributed by atoms with E-state index in [1.54, 1.807) is 19.2 Å². The largest absolute Gasteiger partial charge is 0.496 e. The summed E-state index contributed by atoms with van der Waals surface area (Å²) in [6.07, 6.45) is 4.73. The minimum atomic E-state index is -0.827. The molecule has 0 bridgehead atoms. The van der Waals surface area contributed by atoms with E-state index in [-0.39, 0.29) is 12.3 Å². The highest BCUT2D eigenvalue weighted by atomic mass is 35.5. The number of carbonyl (C=O) groups is 1. The monoisotopic (exact) mass is 311 g/mol. The van der Waals surface area contributed by atoms with Gasteiger partial charge in [-0.25, -0.2) is 0 Å². The molecule has 21 heavy (non-hydrogen) atoms. The fraction of sp³-hybridized carbons (Fsp3) is 0.562. The van der Waals surface area contributed by atoms with Gasteiger partial charge < -0.3 is 15.2 Å². The van der Waals surface area contributed by atoms with Crippen molar-refractivity contribution in [2.45, 2.75) is 50.7 Å². The average molecular weight is 312 g/mol. The molecule has 4 nitrogen and oxygen atoms in total. The highest BCUT2D eigenvalue weighted by molar-refractivity contribution is 6.30. The van der Waals surface area contributed by atoms with E-state index in [9.17, 15) is 9.90 Å². The Balaban J connectivity index is 1.89. The Labute approximate surface area is 130 Å². The third kappa shape index (κ3) is 4.61. The Bertz CT molecular complexity index is 498. The van der Waals surface area contributed by atoms with Crippen molar-refractivity contribution >= 4 is 17.5 Å². The van der Waals surface area contributed by atoms with Gasteiger partial charge in [0.1, 0.15) is 5.75 Å². The molecule has 1 fully saturated rings. The number of halogens is 1. The summed E-state index contributed by atoms with van der Waals surface area (Å²) < 4.78 is 5.24. The van der Waals surface area contributed by atoms with Crippen LogP contribution in [0.15, 0.2) is 18.2 Å². The van der Waals surface area contributed by atoms with Crippen molar-refractivity contribution in [3.63, 3.8) is 0 Å². The number of amides is 1. The molecular formula is C16H22ClNO3. The van der Waals surface area contributed by atoms with Gasteiger partial charge in [0.2, 0.25) is 5.91 Å². The van der Waals surface area contributed by atoms with Gasteiger partial charge in [-0.1, -0.05) is 36.9 Å². The van der Waals surface area contributed by atoms with E-state index >= 15 is 0 Å². The molecule has 5 heteroatoms. The number of hydrogen-bond acceptors (Lipinski definition) is 3. The standard InChI is InChI=1S/C16H22ClNO3/c1-21-14-9-13(17)6-5-12(14)11-18-15(19)10-16(20)7-3-2-4-8-16/h5-6,9,20H,2-4,7-8,10-11H2,1H3,(H,18,19). The molecule has 0 saturated heterocycles. The summed E-state index contributed by atoms with van der Waals surface area (Å²) in [6.45, 7) is 0.370. The molecule has 1 saturated carbocycles. The maximum Gasteiger partial charge on any atom is 0.223 e. The summed E-state index contributed by atoms with van der Waals surface area (Å²) in [6, 6.07) is 5.31. The van der Waals surface area contributed by atoms with Gasteiger partial charge in [0.15, 0.2) is 0 Å². The quantitative estimate of drug-likeness (QED) is 0.878. The topological polar surface area (TPSA) is 58.6 Å². The van der Waals surface area contributed by atoms with Crippen LogP contribution in [-0.2, 0) is 11.3 Å². The minimum absolute atomic E-state index is 0.128. The van der Waals surface area contributed by atoms with Gasteiger partial charge >= 0.3 is 0 Å². The molecular weight excluding hydrogens is 290 g/mol. The maximum atomic E-state index is 12.0. The van der Waals surface area contributed by atoms with Crippen LogP contribution in [0.25, 0.3) is 0 Å². The van der Waals surface area contributed by atoms with Crippen molar-refractivity contribution in [3.8, 4) is 5.75 Å². The Morgan fingerprint density at radius 3 is 2.76 bits per heavy atom. The molecule has 0 aromatic heterocycles. The average Bonchev–Trinajstić information content (AvgIpc) is 2.46. The Morgan fingerprint density at radius 2 is 2.10 bits per heavy atom. The van der Waals surface area contributed by atoms with E-state index in [0.29, 0.717) is 30.2 Å². The Kier molecular flexibility index (Phi) is 5.48. The first kappa shape index (κ1) is 16.1. The van der Waals surface area contributed by atoms with Crippen molar-refractivity contribution in [1.82, 2.24) is 5.32 Å². The first-order valence-corrected chi connectivity index (χ1v) is 7.72. The third-order valence-corrected chi connectivity index (χ3v) is 4.23. The van der Waals surface area contributed by atoms with Gasteiger partial charge in [-0.15, -0.1) is 0 Å².